The van der Waals surface area contributed by atoms with Crippen LogP contribution in [-0.4, -0.2) is 29.9 Å². The van der Waals surface area contributed by atoms with Crippen LogP contribution in [0.3, 0.4) is 0 Å². The van der Waals surface area contributed by atoms with Gasteiger partial charge in [-0.05, 0) is 43.0 Å². The van der Waals surface area contributed by atoms with Crippen LogP contribution in [0.2, 0.25) is 0 Å². The molecule has 1 unspecified atom stereocenters. The molecule has 2 aromatic carbocycles. The van der Waals surface area contributed by atoms with Crippen molar-refractivity contribution in [2.75, 3.05) is 18.4 Å². The number of benzene rings is 2. The van der Waals surface area contributed by atoms with Crippen molar-refractivity contribution >= 4 is 17.2 Å². The molecule has 124 valence electrons. The summed E-state index contributed by atoms with van der Waals surface area (Å²) in [4.78, 5) is 14.8. The smallest absolute Gasteiger partial charge is 0.241 e. The van der Waals surface area contributed by atoms with Crippen molar-refractivity contribution in [1.29, 1.82) is 0 Å². The lowest BCUT2D eigenvalue weighted by Gasteiger charge is -2.31. The SMILES string of the molecule is Cc1ccccc1NC(=O)C(C)N1CC=C(c2ccccc2)CC1. The van der Waals surface area contributed by atoms with E-state index < -0.39 is 0 Å². The molecule has 0 saturated carbocycles. The van der Waals surface area contributed by atoms with Gasteiger partial charge in [0.1, 0.15) is 0 Å². The molecule has 2 aromatic rings. The highest BCUT2D eigenvalue weighted by atomic mass is 16.2. The minimum atomic E-state index is -0.141. The zero-order chi connectivity index (χ0) is 16.9. The maximum Gasteiger partial charge on any atom is 0.241 e. The monoisotopic (exact) mass is 320 g/mol. The lowest BCUT2D eigenvalue weighted by molar-refractivity contribution is -0.120. The normalized spacial score (nSPS) is 16.3. The first kappa shape index (κ1) is 16.5. The Labute approximate surface area is 144 Å². The number of nitrogens with one attached hydrogen (secondary N) is 1. The van der Waals surface area contributed by atoms with Crippen LogP contribution in [0, 0.1) is 6.92 Å². The van der Waals surface area contributed by atoms with Crippen LogP contribution in [0.4, 0.5) is 5.69 Å². The molecule has 1 amide bonds. The van der Waals surface area contributed by atoms with Gasteiger partial charge in [0.05, 0.1) is 6.04 Å². The summed E-state index contributed by atoms with van der Waals surface area (Å²) >= 11 is 0. The average Bonchev–Trinajstić information content (AvgIpc) is 2.64. The van der Waals surface area contributed by atoms with Crippen LogP contribution in [-0.2, 0) is 4.79 Å². The van der Waals surface area contributed by atoms with Crippen LogP contribution >= 0.6 is 0 Å². The second-order valence-electron chi connectivity index (χ2n) is 6.32. The predicted molar refractivity (Wildman–Crippen MR) is 99.9 cm³/mol. The van der Waals surface area contributed by atoms with Crippen molar-refractivity contribution in [2.24, 2.45) is 0 Å². The van der Waals surface area contributed by atoms with Crippen molar-refractivity contribution in [2.45, 2.75) is 26.3 Å². The van der Waals surface area contributed by atoms with Crippen LogP contribution < -0.4 is 5.32 Å². The molecular weight excluding hydrogens is 296 g/mol. The highest BCUT2D eigenvalue weighted by Gasteiger charge is 2.23. The molecule has 1 aliphatic rings. The van der Waals surface area contributed by atoms with Crippen LogP contribution in [0.25, 0.3) is 5.57 Å². The predicted octanol–water partition coefficient (Wildman–Crippen LogP) is 4.11. The number of para-hydroxylation sites is 1. The van der Waals surface area contributed by atoms with Crippen molar-refractivity contribution in [1.82, 2.24) is 4.90 Å². The maximum atomic E-state index is 12.5. The second kappa shape index (κ2) is 7.45. The van der Waals surface area contributed by atoms with Gasteiger partial charge in [0.25, 0.3) is 0 Å². The summed E-state index contributed by atoms with van der Waals surface area (Å²) in [6.07, 6.45) is 3.22. The quantitative estimate of drug-likeness (QED) is 0.919. The summed E-state index contributed by atoms with van der Waals surface area (Å²) in [5.74, 6) is 0.0564. The molecule has 0 saturated heterocycles. The molecule has 3 heteroatoms. The topological polar surface area (TPSA) is 32.3 Å². The van der Waals surface area contributed by atoms with E-state index in [0.29, 0.717) is 0 Å². The molecule has 0 aromatic heterocycles. The third kappa shape index (κ3) is 3.74. The molecule has 0 fully saturated rings. The summed E-state index contributed by atoms with van der Waals surface area (Å²) in [5.41, 5.74) is 4.64. The Morgan fingerprint density at radius 1 is 1.08 bits per heavy atom. The third-order valence-electron chi connectivity index (χ3n) is 4.72. The number of carbonyl (C=O) groups excluding carboxylic acids is 1. The van der Waals surface area contributed by atoms with Crippen molar-refractivity contribution in [3.05, 3.63) is 71.8 Å². The van der Waals surface area contributed by atoms with Gasteiger partial charge >= 0.3 is 0 Å². The van der Waals surface area contributed by atoms with Crippen LogP contribution in [0.1, 0.15) is 24.5 Å². The van der Waals surface area contributed by atoms with E-state index in [1.165, 1.54) is 11.1 Å². The number of amides is 1. The maximum absolute atomic E-state index is 12.5. The number of hydrogen-bond acceptors (Lipinski definition) is 2. The second-order valence-corrected chi connectivity index (χ2v) is 6.32. The summed E-state index contributed by atoms with van der Waals surface area (Å²) in [6.45, 7) is 5.71. The Morgan fingerprint density at radius 3 is 2.46 bits per heavy atom. The van der Waals surface area contributed by atoms with Gasteiger partial charge in [0.15, 0.2) is 0 Å². The summed E-state index contributed by atoms with van der Waals surface area (Å²) in [7, 11) is 0. The molecule has 1 atom stereocenters. The fourth-order valence-corrected chi connectivity index (χ4v) is 3.07. The van der Waals surface area contributed by atoms with Gasteiger partial charge in [-0.3, -0.25) is 9.69 Å². The first-order chi connectivity index (χ1) is 11.6. The molecule has 1 N–H and O–H groups in total. The molecule has 24 heavy (non-hydrogen) atoms. The van der Waals surface area contributed by atoms with Gasteiger partial charge in [0.2, 0.25) is 5.91 Å². The van der Waals surface area contributed by atoms with Crippen molar-refractivity contribution in [3.8, 4) is 0 Å². The fourth-order valence-electron chi connectivity index (χ4n) is 3.07. The Morgan fingerprint density at radius 2 is 1.79 bits per heavy atom. The van der Waals surface area contributed by atoms with E-state index in [-0.39, 0.29) is 11.9 Å². The van der Waals surface area contributed by atoms with Gasteiger partial charge < -0.3 is 5.32 Å². The highest BCUT2D eigenvalue weighted by Crippen LogP contribution is 2.23. The van der Waals surface area contributed by atoms with Crippen LogP contribution in [0.5, 0.6) is 0 Å². The minimum Gasteiger partial charge on any atom is -0.324 e. The summed E-state index contributed by atoms with van der Waals surface area (Å²) < 4.78 is 0. The number of nitrogens with zero attached hydrogens (tertiary/aromatic N) is 1. The Balaban J connectivity index is 1.62. The molecule has 0 bridgehead atoms. The number of hydrogen-bond donors (Lipinski definition) is 1. The number of carbonyl (C=O) groups is 1. The average molecular weight is 320 g/mol. The van der Waals surface area contributed by atoms with Gasteiger partial charge in [-0.25, -0.2) is 0 Å². The van der Waals surface area contributed by atoms with E-state index in [1.54, 1.807) is 0 Å². The third-order valence-corrected chi connectivity index (χ3v) is 4.72. The molecule has 3 nitrogen and oxygen atoms in total. The fraction of sp³-hybridized carbons (Fsp3) is 0.286. The van der Waals surface area contributed by atoms with Gasteiger partial charge in [0, 0.05) is 18.8 Å². The van der Waals surface area contributed by atoms with E-state index in [1.807, 2.05) is 44.2 Å². The first-order valence-electron chi connectivity index (χ1n) is 8.50. The summed E-state index contributed by atoms with van der Waals surface area (Å²) in [6, 6.07) is 18.2. The Kier molecular flexibility index (Phi) is 5.11. The lowest BCUT2D eigenvalue weighted by atomic mass is 9.99. The Hall–Kier alpha value is -2.39. The van der Waals surface area contributed by atoms with Crippen molar-refractivity contribution < 1.29 is 4.79 Å². The van der Waals surface area contributed by atoms with Gasteiger partial charge in [-0.2, -0.15) is 0 Å². The lowest BCUT2D eigenvalue weighted by Crippen LogP contribution is -2.44. The van der Waals surface area contributed by atoms with E-state index in [4.69, 9.17) is 0 Å². The van der Waals surface area contributed by atoms with Crippen LogP contribution in [0.15, 0.2) is 60.7 Å². The van der Waals surface area contributed by atoms with E-state index in [9.17, 15) is 4.79 Å². The number of rotatable bonds is 4. The molecule has 1 aliphatic heterocycles. The summed E-state index contributed by atoms with van der Waals surface area (Å²) in [5, 5.41) is 3.05. The molecule has 0 radical (unpaired) electrons. The van der Waals surface area contributed by atoms with E-state index in [0.717, 1.165) is 30.8 Å². The largest absolute Gasteiger partial charge is 0.324 e. The van der Waals surface area contributed by atoms with Crippen molar-refractivity contribution in [3.63, 3.8) is 0 Å². The molecule has 3 rings (SSSR count). The van der Waals surface area contributed by atoms with E-state index in [2.05, 4.69) is 40.6 Å². The molecule has 1 heterocycles. The number of anilines is 1. The first-order valence-corrected chi connectivity index (χ1v) is 8.50. The number of aryl methyl sites for hydroxylation is 1. The van der Waals surface area contributed by atoms with Gasteiger partial charge in [-0.1, -0.05) is 54.6 Å². The van der Waals surface area contributed by atoms with E-state index >= 15 is 0 Å². The van der Waals surface area contributed by atoms with Gasteiger partial charge in [-0.15, -0.1) is 0 Å². The molecule has 0 spiro atoms. The standard InChI is InChI=1S/C21H24N2O/c1-16-8-6-7-11-20(16)22-21(24)17(2)23-14-12-19(13-15-23)18-9-4-3-5-10-18/h3-12,17H,13-15H2,1-2H3,(H,22,24). The Bertz CT molecular complexity index is 737. The minimum absolute atomic E-state index is 0.0564. The zero-order valence-electron chi connectivity index (χ0n) is 14.3. The zero-order valence-corrected chi connectivity index (χ0v) is 14.3. The molecular formula is C21H24N2O. The molecule has 0 aliphatic carbocycles. The highest BCUT2D eigenvalue weighted by molar-refractivity contribution is 5.95.